The molecule has 0 aliphatic rings. The Morgan fingerprint density at radius 1 is 1.12 bits per heavy atom. The summed E-state index contributed by atoms with van der Waals surface area (Å²) in [4.78, 5) is 30.9. The molecule has 7 nitrogen and oxygen atoms in total. The average molecular weight is 327 g/mol. The van der Waals surface area contributed by atoms with Crippen LogP contribution in [0.25, 0.3) is 22.2 Å². The fourth-order valence-electron chi connectivity index (χ4n) is 2.74. The molecular formula is C17H17N3O4. The van der Waals surface area contributed by atoms with Crippen LogP contribution in [0.3, 0.4) is 0 Å². The van der Waals surface area contributed by atoms with E-state index in [1.807, 2.05) is 13.0 Å². The van der Waals surface area contributed by atoms with Gasteiger partial charge in [-0.2, -0.15) is 0 Å². The zero-order chi connectivity index (χ0) is 17.3. The first-order valence-corrected chi connectivity index (χ1v) is 7.45. The molecule has 0 saturated carbocycles. The van der Waals surface area contributed by atoms with E-state index >= 15 is 0 Å². The van der Waals surface area contributed by atoms with E-state index in [-0.39, 0.29) is 0 Å². The van der Waals surface area contributed by atoms with Crippen molar-refractivity contribution in [1.29, 1.82) is 0 Å². The van der Waals surface area contributed by atoms with Crippen molar-refractivity contribution >= 4 is 11.0 Å². The van der Waals surface area contributed by atoms with E-state index in [0.717, 1.165) is 5.56 Å². The van der Waals surface area contributed by atoms with Crippen LogP contribution in [0.5, 0.6) is 11.5 Å². The highest BCUT2D eigenvalue weighted by Crippen LogP contribution is 2.33. The second kappa shape index (κ2) is 6.19. The third-order valence-corrected chi connectivity index (χ3v) is 3.89. The van der Waals surface area contributed by atoms with Gasteiger partial charge in [0, 0.05) is 12.7 Å². The summed E-state index contributed by atoms with van der Waals surface area (Å²) in [5, 5.41) is 0.367. The maximum Gasteiger partial charge on any atom is 0.329 e. The van der Waals surface area contributed by atoms with Crippen molar-refractivity contribution in [2.24, 2.45) is 0 Å². The standard InChI is InChI=1S/C17H17N3O4/c1-4-20-15-14(16(21)19-17(20)22)11(7-8-18-15)10-5-6-12(23-2)13(9-10)24-3/h5-9H,4H2,1-3H3,(H,19,21,22). The van der Waals surface area contributed by atoms with E-state index in [9.17, 15) is 9.59 Å². The van der Waals surface area contributed by atoms with Crippen molar-refractivity contribution in [3.63, 3.8) is 0 Å². The summed E-state index contributed by atoms with van der Waals surface area (Å²) in [7, 11) is 3.11. The number of hydrogen-bond acceptors (Lipinski definition) is 5. The normalized spacial score (nSPS) is 10.8. The average Bonchev–Trinajstić information content (AvgIpc) is 2.60. The summed E-state index contributed by atoms with van der Waals surface area (Å²) in [5.41, 5.74) is 0.874. The Bertz CT molecular complexity index is 1020. The van der Waals surface area contributed by atoms with E-state index in [0.29, 0.717) is 34.6 Å². The number of nitrogens with one attached hydrogen (secondary N) is 1. The molecule has 2 heterocycles. The van der Waals surface area contributed by atoms with Crippen LogP contribution in [-0.2, 0) is 6.54 Å². The first kappa shape index (κ1) is 15.8. The van der Waals surface area contributed by atoms with Crippen molar-refractivity contribution in [3.05, 3.63) is 51.3 Å². The van der Waals surface area contributed by atoms with E-state index in [1.54, 1.807) is 38.6 Å². The van der Waals surface area contributed by atoms with Crippen LogP contribution in [0, 0.1) is 0 Å². The summed E-state index contributed by atoms with van der Waals surface area (Å²) in [5.74, 6) is 1.15. The number of aromatic amines is 1. The van der Waals surface area contributed by atoms with Gasteiger partial charge in [-0.1, -0.05) is 6.07 Å². The van der Waals surface area contributed by atoms with Crippen LogP contribution in [0.2, 0.25) is 0 Å². The van der Waals surface area contributed by atoms with Gasteiger partial charge in [-0.15, -0.1) is 0 Å². The monoisotopic (exact) mass is 327 g/mol. The van der Waals surface area contributed by atoms with Gasteiger partial charge in [-0.3, -0.25) is 14.3 Å². The molecule has 7 heteroatoms. The minimum Gasteiger partial charge on any atom is -0.493 e. The molecule has 0 aliphatic carbocycles. The van der Waals surface area contributed by atoms with Gasteiger partial charge in [0.1, 0.15) is 5.65 Å². The number of benzene rings is 1. The molecule has 0 bridgehead atoms. The Kier molecular flexibility index (Phi) is 4.07. The van der Waals surface area contributed by atoms with Gasteiger partial charge in [-0.25, -0.2) is 9.78 Å². The minimum atomic E-state index is -0.466. The van der Waals surface area contributed by atoms with Gasteiger partial charge < -0.3 is 9.47 Å². The lowest BCUT2D eigenvalue weighted by atomic mass is 10.0. The number of H-pyrrole nitrogens is 1. The zero-order valence-corrected chi connectivity index (χ0v) is 13.6. The summed E-state index contributed by atoms with van der Waals surface area (Å²) >= 11 is 0. The maximum atomic E-state index is 12.4. The molecular weight excluding hydrogens is 310 g/mol. The number of aromatic nitrogens is 3. The van der Waals surface area contributed by atoms with E-state index in [1.165, 1.54) is 4.57 Å². The molecule has 0 aliphatic heterocycles. The van der Waals surface area contributed by atoms with Crippen LogP contribution in [0.4, 0.5) is 0 Å². The molecule has 3 rings (SSSR count). The highest BCUT2D eigenvalue weighted by Gasteiger charge is 2.14. The number of ether oxygens (including phenoxy) is 2. The second-order valence-corrected chi connectivity index (χ2v) is 5.13. The molecule has 0 atom stereocenters. The number of aryl methyl sites for hydroxylation is 1. The number of rotatable bonds is 4. The van der Waals surface area contributed by atoms with Gasteiger partial charge in [-0.05, 0) is 36.2 Å². The second-order valence-electron chi connectivity index (χ2n) is 5.13. The molecule has 2 aromatic heterocycles. The zero-order valence-electron chi connectivity index (χ0n) is 13.6. The predicted molar refractivity (Wildman–Crippen MR) is 90.8 cm³/mol. The lowest BCUT2D eigenvalue weighted by Gasteiger charge is -2.12. The van der Waals surface area contributed by atoms with Crippen molar-refractivity contribution in [1.82, 2.24) is 14.5 Å². The SMILES string of the molecule is CCn1c(=O)[nH]c(=O)c2c(-c3ccc(OC)c(OC)c3)ccnc21. The highest BCUT2D eigenvalue weighted by molar-refractivity contribution is 5.92. The fraction of sp³-hybridized carbons (Fsp3) is 0.235. The largest absolute Gasteiger partial charge is 0.493 e. The lowest BCUT2D eigenvalue weighted by Crippen LogP contribution is -2.30. The Morgan fingerprint density at radius 3 is 2.54 bits per heavy atom. The first-order valence-electron chi connectivity index (χ1n) is 7.45. The van der Waals surface area contributed by atoms with Crippen LogP contribution in [0.15, 0.2) is 40.1 Å². The first-order chi connectivity index (χ1) is 11.6. The predicted octanol–water partition coefficient (Wildman–Crippen LogP) is 1.79. The summed E-state index contributed by atoms with van der Waals surface area (Å²) in [6, 6.07) is 7.12. The number of pyridine rings is 1. The van der Waals surface area contributed by atoms with Crippen molar-refractivity contribution in [3.8, 4) is 22.6 Å². The topological polar surface area (TPSA) is 86.2 Å². The molecule has 24 heavy (non-hydrogen) atoms. The molecule has 3 aromatic rings. The number of nitrogens with zero attached hydrogens (tertiary/aromatic N) is 2. The van der Waals surface area contributed by atoms with E-state index in [4.69, 9.17) is 9.47 Å². The Morgan fingerprint density at radius 2 is 1.88 bits per heavy atom. The lowest BCUT2D eigenvalue weighted by molar-refractivity contribution is 0.355. The molecule has 0 fully saturated rings. The molecule has 0 radical (unpaired) electrons. The Balaban J connectivity index is 2.36. The number of fused-ring (bicyclic) bond motifs is 1. The van der Waals surface area contributed by atoms with Gasteiger partial charge in [0.05, 0.1) is 19.6 Å². The van der Waals surface area contributed by atoms with Crippen LogP contribution < -0.4 is 20.7 Å². The molecule has 0 unspecified atom stereocenters. The van der Waals surface area contributed by atoms with Gasteiger partial charge >= 0.3 is 5.69 Å². The van der Waals surface area contributed by atoms with Crippen LogP contribution in [0.1, 0.15) is 6.92 Å². The quantitative estimate of drug-likeness (QED) is 0.789. The van der Waals surface area contributed by atoms with Gasteiger partial charge in [0.15, 0.2) is 11.5 Å². The highest BCUT2D eigenvalue weighted by atomic mass is 16.5. The third kappa shape index (κ3) is 2.44. The van der Waals surface area contributed by atoms with E-state index in [2.05, 4.69) is 9.97 Å². The fourth-order valence-corrected chi connectivity index (χ4v) is 2.74. The minimum absolute atomic E-state index is 0.360. The third-order valence-electron chi connectivity index (χ3n) is 3.89. The Labute approximate surface area is 137 Å². The van der Waals surface area contributed by atoms with E-state index < -0.39 is 11.2 Å². The van der Waals surface area contributed by atoms with Gasteiger partial charge in [0.2, 0.25) is 0 Å². The molecule has 0 spiro atoms. The molecule has 0 saturated heterocycles. The van der Waals surface area contributed by atoms with Crippen LogP contribution in [-0.4, -0.2) is 28.8 Å². The number of hydrogen-bond donors (Lipinski definition) is 1. The molecule has 1 aromatic carbocycles. The van der Waals surface area contributed by atoms with Gasteiger partial charge in [0.25, 0.3) is 5.56 Å². The van der Waals surface area contributed by atoms with Crippen LogP contribution >= 0.6 is 0 Å². The van der Waals surface area contributed by atoms with Crippen molar-refractivity contribution in [2.45, 2.75) is 13.5 Å². The molecule has 124 valence electrons. The van der Waals surface area contributed by atoms with Crippen molar-refractivity contribution < 1.29 is 9.47 Å². The summed E-state index contributed by atoms with van der Waals surface area (Å²) < 4.78 is 12.0. The summed E-state index contributed by atoms with van der Waals surface area (Å²) in [6.07, 6.45) is 1.58. The maximum absolute atomic E-state index is 12.4. The Hall–Kier alpha value is -3.09. The van der Waals surface area contributed by atoms with Crippen molar-refractivity contribution in [2.75, 3.05) is 14.2 Å². The molecule has 1 N–H and O–H groups in total. The molecule has 0 amide bonds. The summed E-state index contributed by atoms with van der Waals surface area (Å²) in [6.45, 7) is 2.23. The number of methoxy groups -OCH3 is 2. The smallest absolute Gasteiger partial charge is 0.329 e.